The number of fused-ring (bicyclic) bond motifs is 1. The third-order valence-corrected chi connectivity index (χ3v) is 4.36. The fraction of sp³-hybridized carbons (Fsp3) is 0.125. The number of benzene rings is 2. The molecule has 5 heteroatoms. The number of furan rings is 1. The van der Waals surface area contributed by atoms with E-state index in [9.17, 15) is 4.39 Å². The van der Waals surface area contributed by atoms with Crippen molar-refractivity contribution < 1.29 is 8.81 Å². The van der Waals surface area contributed by atoms with Gasteiger partial charge in [-0.15, -0.1) is 0 Å². The molecule has 0 spiro atoms. The first-order valence-electron chi connectivity index (χ1n) is 6.43. The van der Waals surface area contributed by atoms with Crippen LogP contribution in [0, 0.1) is 5.82 Å². The third-order valence-electron chi connectivity index (χ3n) is 3.23. The van der Waals surface area contributed by atoms with Crippen molar-refractivity contribution in [2.45, 2.75) is 13.0 Å². The van der Waals surface area contributed by atoms with Crippen molar-refractivity contribution in [1.29, 1.82) is 0 Å². The van der Waals surface area contributed by atoms with Gasteiger partial charge in [0.2, 0.25) is 0 Å². The highest BCUT2D eigenvalue weighted by atomic mass is 79.9. The Morgan fingerprint density at radius 2 is 1.90 bits per heavy atom. The first-order valence-corrected chi connectivity index (χ1v) is 8.02. The van der Waals surface area contributed by atoms with Gasteiger partial charge in [-0.2, -0.15) is 0 Å². The van der Waals surface area contributed by atoms with E-state index in [2.05, 4.69) is 37.2 Å². The van der Waals surface area contributed by atoms with Crippen molar-refractivity contribution in [3.8, 4) is 0 Å². The highest BCUT2D eigenvalue weighted by Gasteiger charge is 2.12. The van der Waals surface area contributed by atoms with Gasteiger partial charge in [0.1, 0.15) is 17.2 Å². The van der Waals surface area contributed by atoms with Gasteiger partial charge in [-0.3, -0.25) is 0 Å². The molecule has 1 aromatic heterocycles. The van der Waals surface area contributed by atoms with Crippen LogP contribution in [0.2, 0.25) is 0 Å². The minimum Gasteiger partial charge on any atom is -0.459 e. The summed E-state index contributed by atoms with van der Waals surface area (Å²) in [6.45, 7) is 1.98. The van der Waals surface area contributed by atoms with Gasteiger partial charge in [0, 0.05) is 15.5 Å². The molecule has 0 aliphatic heterocycles. The molecule has 0 aliphatic carbocycles. The molecule has 1 unspecified atom stereocenters. The van der Waals surface area contributed by atoms with Crippen LogP contribution in [0.25, 0.3) is 11.0 Å². The van der Waals surface area contributed by atoms with Crippen LogP contribution in [0.1, 0.15) is 18.7 Å². The molecule has 2 nitrogen and oxygen atoms in total. The molecule has 0 saturated heterocycles. The summed E-state index contributed by atoms with van der Waals surface area (Å²) in [7, 11) is 0. The Morgan fingerprint density at radius 1 is 1.10 bits per heavy atom. The van der Waals surface area contributed by atoms with Gasteiger partial charge in [-0.05, 0) is 65.3 Å². The SMILES string of the molecule is CC(Nc1ccc(Br)c(F)c1)c1cc2cc(Br)ccc2o1. The lowest BCUT2D eigenvalue weighted by molar-refractivity contribution is 0.526. The van der Waals surface area contributed by atoms with Gasteiger partial charge < -0.3 is 9.73 Å². The summed E-state index contributed by atoms with van der Waals surface area (Å²) >= 11 is 6.59. The monoisotopic (exact) mass is 411 g/mol. The normalized spacial score (nSPS) is 12.6. The maximum Gasteiger partial charge on any atom is 0.139 e. The van der Waals surface area contributed by atoms with E-state index >= 15 is 0 Å². The summed E-state index contributed by atoms with van der Waals surface area (Å²) < 4.78 is 20.8. The fourth-order valence-electron chi connectivity index (χ4n) is 2.16. The number of hydrogen-bond donors (Lipinski definition) is 1. The van der Waals surface area contributed by atoms with Gasteiger partial charge in [-0.1, -0.05) is 15.9 Å². The largest absolute Gasteiger partial charge is 0.459 e. The van der Waals surface area contributed by atoms with Crippen LogP contribution in [0.3, 0.4) is 0 Å². The van der Waals surface area contributed by atoms with E-state index in [1.54, 1.807) is 6.07 Å². The lowest BCUT2D eigenvalue weighted by atomic mass is 10.2. The maximum absolute atomic E-state index is 13.5. The molecule has 3 aromatic rings. The van der Waals surface area contributed by atoms with Crippen LogP contribution in [0.4, 0.5) is 10.1 Å². The molecule has 1 heterocycles. The first kappa shape index (κ1) is 14.6. The second-order valence-corrected chi connectivity index (χ2v) is 6.60. The summed E-state index contributed by atoms with van der Waals surface area (Å²) in [5.74, 6) is 0.521. The average Bonchev–Trinajstić information content (AvgIpc) is 2.86. The number of halogens is 3. The Kier molecular flexibility index (Phi) is 4.04. The van der Waals surface area contributed by atoms with E-state index in [-0.39, 0.29) is 11.9 Å². The Balaban J connectivity index is 1.85. The van der Waals surface area contributed by atoms with Crippen LogP contribution < -0.4 is 5.32 Å². The van der Waals surface area contributed by atoms with Crippen molar-refractivity contribution in [2.24, 2.45) is 0 Å². The highest BCUT2D eigenvalue weighted by Crippen LogP contribution is 2.29. The van der Waals surface area contributed by atoms with E-state index in [1.807, 2.05) is 37.3 Å². The molecule has 0 aliphatic rings. The number of hydrogen-bond acceptors (Lipinski definition) is 2. The summed E-state index contributed by atoms with van der Waals surface area (Å²) in [4.78, 5) is 0. The smallest absolute Gasteiger partial charge is 0.139 e. The second-order valence-electron chi connectivity index (χ2n) is 4.83. The molecule has 3 rings (SSSR count). The van der Waals surface area contributed by atoms with Gasteiger partial charge in [0.05, 0.1) is 10.5 Å². The molecule has 0 saturated carbocycles. The molecule has 21 heavy (non-hydrogen) atoms. The van der Waals surface area contributed by atoms with E-state index in [0.717, 1.165) is 21.2 Å². The zero-order valence-corrected chi connectivity index (χ0v) is 14.3. The quantitative estimate of drug-likeness (QED) is 0.548. The maximum atomic E-state index is 13.5. The van der Waals surface area contributed by atoms with E-state index in [1.165, 1.54) is 6.07 Å². The summed E-state index contributed by atoms with van der Waals surface area (Å²) in [6.07, 6.45) is 0. The molecule has 1 atom stereocenters. The van der Waals surface area contributed by atoms with Gasteiger partial charge in [-0.25, -0.2) is 4.39 Å². The number of nitrogens with one attached hydrogen (secondary N) is 1. The van der Waals surface area contributed by atoms with Crippen molar-refractivity contribution in [1.82, 2.24) is 0 Å². The molecule has 108 valence electrons. The minimum absolute atomic E-state index is 0.0586. The fourth-order valence-corrected chi connectivity index (χ4v) is 2.78. The molecular formula is C16H12Br2FNO. The van der Waals surface area contributed by atoms with Gasteiger partial charge in [0.25, 0.3) is 0 Å². The van der Waals surface area contributed by atoms with Gasteiger partial charge in [0.15, 0.2) is 0 Å². The third kappa shape index (κ3) is 3.14. The minimum atomic E-state index is -0.291. The molecule has 1 N–H and O–H groups in total. The Bertz CT molecular complexity index is 800. The summed E-state index contributed by atoms with van der Waals surface area (Å²) in [5.41, 5.74) is 1.55. The van der Waals surface area contributed by atoms with Crippen molar-refractivity contribution in [3.05, 3.63) is 63.0 Å². The Labute approximate surface area is 138 Å². The van der Waals surface area contributed by atoms with Gasteiger partial charge >= 0.3 is 0 Å². The number of anilines is 1. The highest BCUT2D eigenvalue weighted by molar-refractivity contribution is 9.10. The van der Waals surface area contributed by atoms with Crippen LogP contribution in [-0.2, 0) is 0 Å². The molecule has 2 aromatic carbocycles. The Hall–Kier alpha value is -1.33. The summed E-state index contributed by atoms with van der Waals surface area (Å²) in [6, 6.07) is 12.8. The number of rotatable bonds is 3. The van der Waals surface area contributed by atoms with E-state index < -0.39 is 0 Å². The average molecular weight is 413 g/mol. The molecule has 0 fully saturated rings. The lowest BCUT2D eigenvalue weighted by Gasteiger charge is -2.13. The van der Waals surface area contributed by atoms with Crippen molar-refractivity contribution >= 4 is 48.5 Å². The predicted octanol–water partition coefficient (Wildman–Crippen LogP) is 6.27. The second kappa shape index (κ2) is 5.81. The lowest BCUT2D eigenvalue weighted by Crippen LogP contribution is -2.05. The van der Waals surface area contributed by atoms with E-state index in [4.69, 9.17) is 4.42 Å². The standard InChI is InChI=1S/C16H12Br2FNO/c1-9(20-12-3-4-13(18)14(19)8-12)16-7-10-6-11(17)2-5-15(10)21-16/h2-9,20H,1H3. The molecule has 0 bridgehead atoms. The zero-order chi connectivity index (χ0) is 15.0. The van der Waals surface area contributed by atoms with Crippen LogP contribution in [0.15, 0.2) is 55.8 Å². The molecule has 0 amide bonds. The first-order chi connectivity index (χ1) is 10.0. The Morgan fingerprint density at radius 3 is 2.67 bits per heavy atom. The van der Waals surface area contributed by atoms with Crippen LogP contribution >= 0.6 is 31.9 Å². The molecule has 0 radical (unpaired) electrons. The van der Waals surface area contributed by atoms with Crippen molar-refractivity contribution in [3.63, 3.8) is 0 Å². The van der Waals surface area contributed by atoms with Crippen molar-refractivity contribution in [2.75, 3.05) is 5.32 Å². The molecular weight excluding hydrogens is 401 g/mol. The summed E-state index contributed by atoms with van der Waals surface area (Å²) in [5, 5.41) is 4.27. The van der Waals surface area contributed by atoms with E-state index in [0.29, 0.717) is 10.2 Å². The zero-order valence-electron chi connectivity index (χ0n) is 11.2. The van der Waals surface area contributed by atoms with Crippen LogP contribution in [0.5, 0.6) is 0 Å². The predicted molar refractivity (Wildman–Crippen MR) is 90.1 cm³/mol. The van der Waals surface area contributed by atoms with Crippen LogP contribution in [-0.4, -0.2) is 0 Å². The topological polar surface area (TPSA) is 25.2 Å².